The van der Waals surface area contributed by atoms with Crippen molar-refractivity contribution in [2.75, 3.05) is 7.05 Å². The van der Waals surface area contributed by atoms with Crippen molar-refractivity contribution in [1.82, 2.24) is 5.32 Å². The molecule has 1 nitrogen and oxygen atoms in total. The van der Waals surface area contributed by atoms with Gasteiger partial charge < -0.3 is 5.32 Å². The van der Waals surface area contributed by atoms with Crippen LogP contribution in [-0.4, -0.2) is 7.05 Å². The van der Waals surface area contributed by atoms with E-state index >= 15 is 0 Å². The number of nitrogens with one attached hydrogen (secondary N) is 1. The van der Waals surface area contributed by atoms with E-state index in [1.165, 1.54) is 15.3 Å². The Morgan fingerprint density at radius 3 is 2.61 bits per heavy atom. The van der Waals surface area contributed by atoms with Gasteiger partial charge in [0, 0.05) is 14.8 Å². The van der Waals surface area contributed by atoms with Gasteiger partial charge in [-0.1, -0.05) is 30.7 Å². The summed E-state index contributed by atoms with van der Waals surface area (Å²) in [5.41, 5.74) is 2.34. The van der Waals surface area contributed by atoms with Crippen LogP contribution in [0.4, 0.5) is 0 Å². The van der Waals surface area contributed by atoms with E-state index in [0.717, 1.165) is 17.0 Å². The van der Waals surface area contributed by atoms with Gasteiger partial charge in [-0.05, 0) is 49.7 Å². The lowest BCUT2D eigenvalue weighted by Crippen LogP contribution is -2.16. The highest BCUT2D eigenvalue weighted by Crippen LogP contribution is 2.30. The average molecular weight is 280 g/mol. The van der Waals surface area contributed by atoms with Crippen LogP contribution in [-0.2, 0) is 6.42 Å². The standard InChI is InChI=1S/C15H18ClNS/c1-4-12-7-8-14(18-12)15(17-3)11-6-5-10(2)13(16)9-11/h5-9,15,17H,4H2,1-3H3. The molecule has 0 fully saturated rings. The fraction of sp³-hybridized carbons (Fsp3) is 0.333. The molecule has 2 aromatic rings. The molecule has 0 radical (unpaired) electrons. The van der Waals surface area contributed by atoms with Gasteiger partial charge >= 0.3 is 0 Å². The minimum atomic E-state index is 0.230. The second-order valence-electron chi connectivity index (χ2n) is 4.39. The summed E-state index contributed by atoms with van der Waals surface area (Å²) < 4.78 is 0. The number of benzene rings is 1. The zero-order valence-electron chi connectivity index (χ0n) is 11.0. The second-order valence-corrected chi connectivity index (χ2v) is 6.00. The van der Waals surface area contributed by atoms with Crippen LogP contribution < -0.4 is 5.32 Å². The Bertz CT molecular complexity index is 533. The minimum Gasteiger partial charge on any atom is -0.309 e. The third-order valence-electron chi connectivity index (χ3n) is 3.13. The predicted molar refractivity (Wildman–Crippen MR) is 80.8 cm³/mol. The van der Waals surface area contributed by atoms with Crippen LogP contribution in [0.5, 0.6) is 0 Å². The van der Waals surface area contributed by atoms with Crippen LogP contribution >= 0.6 is 22.9 Å². The van der Waals surface area contributed by atoms with Gasteiger partial charge in [0.1, 0.15) is 0 Å². The molecule has 1 N–H and O–H groups in total. The maximum Gasteiger partial charge on any atom is 0.0669 e. The van der Waals surface area contributed by atoms with Gasteiger partial charge in [0.2, 0.25) is 0 Å². The zero-order valence-corrected chi connectivity index (χ0v) is 12.5. The van der Waals surface area contributed by atoms with Crippen LogP contribution in [0.15, 0.2) is 30.3 Å². The van der Waals surface area contributed by atoms with Crippen molar-refractivity contribution < 1.29 is 0 Å². The molecule has 0 saturated heterocycles. The van der Waals surface area contributed by atoms with Crippen LogP contribution in [0.1, 0.15) is 33.8 Å². The first kappa shape index (κ1) is 13.6. The van der Waals surface area contributed by atoms with E-state index in [9.17, 15) is 0 Å². The summed E-state index contributed by atoms with van der Waals surface area (Å²) in [6.07, 6.45) is 1.09. The molecule has 3 heteroatoms. The Morgan fingerprint density at radius 1 is 1.28 bits per heavy atom. The molecule has 0 bridgehead atoms. The number of rotatable bonds is 4. The highest BCUT2D eigenvalue weighted by Gasteiger charge is 2.14. The van der Waals surface area contributed by atoms with Crippen molar-refractivity contribution in [1.29, 1.82) is 0 Å². The van der Waals surface area contributed by atoms with E-state index < -0.39 is 0 Å². The molecule has 1 heterocycles. The van der Waals surface area contributed by atoms with E-state index in [0.29, 0.717) is 0 Å². The molecule has 0 saturated carbocycles. The zero-order chi connectivity index (χ0) is 13.1. The number of thiophene rings is 1. The lowest BCUT2D eigenvalue weighted by molar-refractivity contribution is 0.704. The Labute approximate surface area is 118 Å². The van der Waals surface area contributed by atoms with Gasteiger partial charge in [0.25, 0.3) is 0 Å². The molecule has 96 valence electrons. The molecule has 0 aliphatic carbocycles. The molecule has 2 rings (SSSR count). The minimum absolute atomic E-state index is 0.230. The van der Waals surface area contributed by atoms with E-state index in [1.54, 1.807) is 0 Å². The van der Waals surface area contributed by atoms with Crippen molar-refractivity contribution in [3.63, 3.8) is 0 Å². The van der Waals surface area contributed by atoms with Gasteiger partial charge in [-0.25, -0.2) is 0 Å². The van der Waals surface area contributed by atoms with E-state index in [4.69, 9.17) is 11.6 Å². The Hall–Kier alpha value is -0.830. The molecule has 18 heavy (non-hydrogen) atoms. The third-order valence-corrected chi connectivity index (χ3v) is 4.83. The van der Waals surface area contributed by atoms with Crippen molar-refractivity contribution in [3.8, 4) is 0 Å². The monoisotopic (exact) mass is 279 g/mol. The quantitative estimate of drug-likeness (QED) is 0.864. The van der Waals surface area contributed by atoms with Gasteiger partial charge in [0.15, 0.2) is 0 Å². The summed E-state index contributed by atoms with van der Waals surface area (Å²) in [5, 5.41) is 4.20. The van der Waals surface area contributed by atoms with E-state index in [2.05, 4.69) is 42.6 Å². The largest absolute Gasteiger partial charge is 0.309 e. The number of halogens is 1. The van der Waals surface area contributed by atoms with Crippen LogP contribution in [0.25, 0.3) is 0 Å². The topological polar surface area (TPSA) is 12.0 Å². The smallest absolute Gasteiger partial charge is 0.0669 e. The normalized spacial score (nSPS) is 12.7. The Balaban J connectivity index is 2.35. The van der Waals surface area contributed by atoms with Crippen molar-refractivity contribution in [3.05, 3.63) is 56.2 Å². The lowest BCUT2D eigenvalue weighted by atomic mass is 10.0. The Morgan fingerprint density at radius 2 is 2.06 bits per heavy atom. The second kappa shape index (κ2) is 5.87. The fourth-order valence-corrected chi connectivity index (χ4v) is 3.28. The number of hydrogen-bond donors (Lipinski definition) is 1. The summed E-state index contributed by atoms with van der Waals surface area (Å²) in [5.74, 6) is 0. The van der Waals surface area contributed by atoms with E-state index in [-0.39, 0.29) is 6.04 Å². The Kier molecular flexibility index (Phi) is 4.44. The molecular formula is C15H18ClNS. The summed E-state index contributed by atoms with van der Waals surface area (Å²) in [6.45, 7) is 4.22. The average Bonchev–Trinajstić information content (AvgIpc) is 2.83. The highest BCUT2D eigenvalue weighted by atomic mass is 35.5. The molecular weight excluding hydrogens is 262 g/mol. The lowest BCUT2D eigenvalue weighted by Gasteiger charge is -2.16. The fourth-order valence-electron chi connectivity index (χ4n) is 2.00. The molecule has 1 unspecified atom stereocenters. The summed E-state index contributed by atoms with van der Waals surface area (Å²) >= 11 is 8.08. The first-order valence-electron chi connectivity index (χ1n) is 6.17. The maximum atomic E-state index is 6.21. The van der Waals surface area contributed by atoms with Crippen LogP contribution in [0.3, 0.4) is 0 Å². The third kappa shape index (κ3) is 2.77. The summed E-state index contributed by atoms with van der Waals surface area (Å²) in [4.78, 5) is 2.76. The molecule has 1 aromatic carbocycles. The molecule has 1 atom stereocenters. The molecule has 1 aromatic heterocycles. The van der Waals surface area contributed by atoms with Crippen LogP contribution in [0.2, 0.25) is 5.02 Å². The highest BCUT2D eigenvalue weighted by molar-refractivity contribution is 7.12. The van der Waals surface area contributed by atoms with Gasteiger partial charge in [0.05, 0.1) is 6.04 Å². The molecule has 0 aliphatic heterocycles. The van der Waals surface area contributed by atoms with Crippen molar-refractivity contribution >= 4 is 22.9 Å². The van der Waals surface area contributed by atoms with Crippen molar-refractivity contribution in [2.45, 2.75) is 26.3 Å². The SMILES string of the molecule is CCc1ccc(C(NC)c2ccc(C)c(Cl)c2)s1. The molecule has 0 spiro atoms. The van der Waals surface area contributed by atoms with Gasteiger partial charge in [-0.2, -0.15) is 0 Å². The molecule has 0 aliphatic rings. The molecule has 0 amide bonds. The first-order valence-corrected chi connectivity index (χ1v) is 7.37. The number of hydrogen-bond acceptors (Lipinski definition) is 2. The summed E-state index contributed by atoms with van der Waals surface area (Å²) in [7, 11) is 1.99. The van der Waals surface area contributed by atoms with E-state index in [1.807, 2.05) is 25.3 Å². The summed E-state index contributed by atoms with van der Waals surface area (Å²) in [6, 6.07) is 10.9. The van der Waals surface area contributed by atoms with Crippen LogP contribution in [0, 0.1) is 6.92 Å². The number of aryl methyl sites for hydroxylation is 2. The first-order chi connectivity index (χ1) is 8.65. The van der Waals surface area contributed by atoms with Crippen molar-refractivity contribution in [2.24, 2.45) is 0 Å². The van der Waals surface area contributed by atoms with Gasteiger partial charge in [-0.3, -0.25) is 0 Å². The maximum absolute atomic E-state index is 6.21. The predicted octanol–water partition coefficient (Wildman–Crippen LogP) is 4.58. The van der Waals surface area contributed by atoms with Gasteiger partial charge in [-0.15, -0.1) is 11.3 Å².